The summed E-state index contributed by atoms with van der Waals surface area (Å²) < 4.78 is 12.2. The van der Waals surface area contributed by atoms with Crippen LogP contribution >= 0.6 is 0 Å². The van der Waals surface area contributed by atoms with Crippen LogP contribution < -0.4 is 11.5 Å². The minimum Gasteiger partial charge on any atom is -0.479 e. The molecule has 0 aliphatic rings. The maximum atomic E-state index is 12.2. The van der Waals surface area contributed by atoms with Crippen molar-refractivity contribution in [3.63, 3.8) is 0 Å². The Morgan fingerprint density at radius 2 is 2.00 bits per heavy atom. The van der Waals surface area contributed by atoms with Gasteiger partial charge in [-0.1, -0.05) is 0 Å². The predicted octanol–water partition coefficient (Wildman–Crippen LogP) is -1.39. The second-order valence-corrected chi connectivity index (χ2v) is 2.05. The van der Waals surface area contributed by atoms with Crippen LogP contribution in [0.4, 0.5) is 4.39 Å². The topological polar surface area (TPSA) is 106 Å². The first-order chi connectivity index (χ1) is 4.95. The molecule has 0 aromatic carbocycles. The molecule has 0 aromatic rings. The van der Waals surface area contributed by atoms with E-state index in [1.165, 1.54) is 0 Å². The summed E-state index contributed by atoms with van der Waals surface area (Å²) in [6.07, 6.45) is -2.71. The number of carbonyl (C=O) groups excluding carboxylic acids is 1. The molecular weight excluding hydrogens is 155 g/mol. The Balaban J connectivity index is 3.84. The van der Waals surface area contributed by atoms with E-state index in [0.717, 1.165) is 0 Å². The number of primary amides is 1. The van der Waals surface area contributed by atoms with Crippen LogP contribution in [-0.4, -0.2) is 29.2 Å². The molecule has 5 nitrogen and oxygen atoms in total. The Morgan fingerprint density at radius 1 is 1.55 bits per heavy atom. The van der Waals surface area contributed by atoms with E-state index in [2.05, 4.69) is 5.73 Å². The fraction of sp³-hybridized carbons (Fsp3) is 0.600. The molecule has 0 aliphatic carbocycles. The van der Waals surface area contributed by atoms with Crippen molar-refractivity contribution in [1.29, 1.82) is 0 Å². The molecule has 64 valence electrons. The first-order valence-corrected chi connectivity index (χ1v) is 2.87. The Morgan fingerprint density at radius 3 is 2.27 bits per heavy atom. The lowest BCUT2D eigenvalue weighted by Gasteiger charge is -2.07. The third kappa shape index (κ3) is 3.51. The van der Waals surface area contributed by atoms with Gasteiger partial charge in [0, 0.05) is 6.42 Å². The number of hydrogen-bond donors (Lipinski definition) is 3. The number of aliphatic carboxylic acids is 1. The van der Waals surface area contributed by atoms with E-state index in [-0.39, 0.29) is 0 Å². The predicted molar refractivity (Wildman–Crippen MR) is 34.3 cm³/mol. The normalized spacial score (nSPS) is 15.5. The fourth-order valence-corrected chi connectivity index (χ4v) is 0.440. The summed E-state index contributed by atoms with van der Waals surface area (Å²) in [5, 5.41) is 8.03. The van der Waals surface area contributed by atoms with Crippen LogP contribution in [0.2, 0.25) is 0 Å². The van der Waals surface area contributed by atoms with Gasteiger partial charge in [0.25, 0.3) is 0 Å². The first kappa shape index (κ1) is 9.83. The largest absolute Gasteiger partial charge is 0.479 e. The number of carboxylic acid groups (broad SMARTS) is 1. The van der Waals surface area contributed by atoms with Gasteiger partial charge in [-0.3, -0.25) is 4.79 Å². The zero-order valence-electron chi connectivity index (χ0n) is 5.66. The van der Waals surface area contributed by atoms with Crippen molar-refractivity contribution in [2.75, 3.05) is 0 Å². The SMILES string of the molecule is NC(=O)[C@@H](N)C[C@H](F)C(=O)O. The van der Waals surface area contributed by atoms with Gasteiger partial charge in [-0.15, -0.1) is 0 Å². The van der Waals surface area contributed by atoms with Crippen LogP contribution in [0.3, 0.4) is 0 Å². The Hall–Kier alpha value is -1.17. The quantitative estimate of drug-likeness (QED) is 0.475. The number of amides is 1. The standard InChI is InChI=1S/C5H9FN2O3/c6-2(5(10)11)1-3(7)4(8)9/h2-3H,1,7H2,(H2,8,9)(H,10,11)/t2-,3-/m0/s1. The average molecular weight is 164 g/mol. The zero-order chi connectivity index (χ0) is 9.02. The van der Waals surface area contributed by atoms with Crippen molar-refractivity contribution >= 4 is 11.9 Å². The number of nitrogens with two attached hydrogens (primary N) is 2. The van der Waals surface area contributed by atoms with E-state index in [1.807, 2.05) is 0 Å². The van der Waals surface area contributed by atoms with Crippen LogP contribution in [0.1, 0.15) is 6.42 Å². The lowest BCUT2D eigenvalue weighted by atomic mass is 10.1. The van der Waals surface area contributed by atoms with Gasteiger partial charge < -0.3 is 16.6 Å². The molecule has 5 N–H and O–H groups in total. The highest BCUT2D eigenvalue weighted by atomic mass is 19.1. The van der Waals surface area contributed by atoms with Crippen LogP contribution in [0.5, 0.6) is 0 Å². The van der Waals surface area contributed by atoms with Gasteiger partial charge in [-0.05, 0) is 0 Å². The van der Waals surface area contributed by atoms with Gasteiger partial charge in [-0.25, -0.2) is 9.18 Å². The van der Waals surface area contributed by atoms with E-state index in [4.69, 9.17) is 10.8 Å². The molecule has 0 aliphatic heterocycles. The number of carboxylic acids is 1. The van der Waals surface area contributed by atoms with Gasteiger partial charge in [0.05, 0.1) is 6.04 Å². The van der Waals surface area contributed by atoms with Gasteiger partial charge >= 0.3 is 5.97 Å². The third-order valence-corrected chi connectivity index (χ3v) is 1.09. The lowest BCUT2D eigenvalue weighted by Crippen LogP contribution is -2.39. The van der Waals surface area contributed by atoms with Gasteiger partial charge in [0.2, 0.25) is 5.91 Å². The summed E-state index contributed by atoms with van der Waals surface area (Å²) in [4.78, 5) is 20.1. The van der Waals surface area contributed by atoms with Crippen molar-refractivity contribution in [3.8, 4) is 0 Å². The van der Waals surface area contributed by atoms with Crippen molar-refractivity contribution in [2.24, 2.45) is 11.5 Å². The molecule has 0 saturated carbocycles. The molecule has 0 fully saturated rings. The molecule has 0 heterocycles. The van der Waals surface area contributed by atoms with Crippen LogP contribution in [0.25, 0.3) is 0 Å². The Bertz CT molecular complexity index is 155. The molecule has 0 spiro atoms. The minimum atomic E-state index is -2.13. The number of hydrogen-bond acceptors (Lipinski definition) is 3. The highest BCUT2D eigenvalue weighted by Crippen LogP contribution is 2.00. The second-order valence-electron chi connectivity index (χ2n) is 2.05. The van der Waals surface area contributed by atoms with Gasteiger partial charge in [0.15, 0.2) is 6.17 Å². The van der Waals surface area contributed by atoms with Crippen molar-refractivity contribution in [3.05, 3.63) is 0 Å². The van der Waals surface area contributed by atoms with Crippen LogP contribution in [-0.2, 0) is 9.59 Å². The van der Waals surface area contributed by atoms with E-state index in [1.54, 1.807) is 0 Å². The summed E-state index contributed by atoms with van der Waals surface area (Å²) >= 11 is 0. The second kappa shape index (κ2) is 3.87. The summed E-state index contributed by atoms with van der Waals surface area (Å²) in [6.45, 7) is 0. The smallest absolute Gasteiger partial charge is 0.338 e. The molecule has 1 amide bonds. The van der Waals surface area contributed by atoms with Crippen LogP contribution in [0, 0.1) is 0 Å². The van der Waals surface area contributed by atoms with E-state index >= 15 is 0 Å². The van der Waals surface area contributed by atoms with E-state index in [0.29, 0.717) is 0 Å². The molecule has 6 heteroatoms. The van der Waals surface area contributed by atoms with Crippen molar-refractivity contribution in [2.45, 2.75) is 18.6 Å². The van der Waals surface area contributed by atoms with Crippen molar-refractivity contribution in [1.82, 2.24) is 0 Å². The van der Waals surface area contributed by atoms with Crippen LogP contribution in [0.15, 0.2) is 0 Å². The molecule has 0 bridgehead atoms. The molecule has 0 unspecified atom stereocenters. The molecule has 0 rings (SSSR count). The average Bonchev–Trinajstić information content (AvgIpc) is 1.87. The highest BCUT2D eigenvalue weighted by molar-refractivity contribution is 5.81. The molecule has 0 radical (unpaired) electrons. The summed E-state index contributed by atoms with van der Waals surface area (Å²) in [5.41, 5.74) is 9.64. The Kier molecular flexibility index (Phi) is 3.46. The maximum Gasteiger partial charge on any atom is 0.338 e. The summed E-state index contributed by atoms with van der Waals surface area (Å²) in [5.74, 6) is -2.55. The number of halogens is 1. The maximum absolute atomic E-state index is 12.2. The summed E-state index contributed by atoms with van der Waals surface area (Å²) in [6, 6.07) is -1.24. The highest BCUT2D eigenvalue weighted by Gasteiger charge is 2.22. The molecular formula is C5H9FN2O3. The number of rotatable bonds is 4. The fourth-order valence-electron chi connectivity index (χ4n) is 0.440. The minimum absolute atomic E-state index is 0.579. The monoisotopic (exact) mass is 164 g/mol. The first-order valence-electron chi connectivity index (χ1n) is 2.87. The van der Waals surface area contributed by atoms with E-state index in [9.17, 15) is 14.0 Å². The molecule has 0 aromatic heterocycles. The Labute approximate surface area is 62.2 Å². The van der Waals surface area contributed by atoms with Gasteiger partial charge in [-0.2, -0.15) is 0 Å². The number of carbonyl (C=O) groups is 2. The molecule has 0 saturated heterocycles. The zero-order valence-corrected chi connectivity index (χ0v) is 5.66. The summed E-state index contributed by atoms with van der Waals surface area (Å²) in [7, 11) is 0. The molecule has 11 heavy (non-hydrogen) atoms. The van der Waals surface area contributed by atoms with Crippen molar-refractivity contribution < 1.29 is 19.1 Å². The molecule has 2 atom stereocenters. The third-order valence-electron chi connectivity index (χ3n) is 1.09. The number of alkyl halides is 1. The lowest BCUT2D eigenvalue weighted by molar-refractivity contribution is -0.143. The van der Waals surface area contributed by atoms with E-state index < -0.39 is 30.5 Å². The van der Waals surface area contributed by atoms with Gasteiger partial charge in [0.1, 0.15) is 0 Å².